The number of unbranched alkanes of at least 4 members (excludes halogenated alkanes) is 1. The van der Waals surface area contributed by atoms with Crippen LogP contribution in [0.5, 0.6) is 5.75 Å². The van der Waals surface area contributed by atoms with Crippen LogP contribution in [0.1, 0.15) is 79.7 Å². The van der Waals surface area contributed by atoms with Crippen LogP contribution in [-0.2, 0) is 14.3 Å². The van der Waals surface area contributed by atoms with E-state index >= 15 is 4.39 Å². The predicted molar refractivity (Wildman–Crippen MR) is 151 cm³/mol. The van der Waals surface area contributed by atoms with Crippen molar-refractivity contribution in [3.63, 3.8) is 0 Å². The molecule has 0 unspecified atom stereocenters. The highest BCUT2D eigenvalue weighted by molar-refractivity contribution is 5.82. The van der Waals surface area contributed by atoms with Crippen molar-refractivity contribution < 1.29 is 28.6 Å². The third-order valence-electron chi connectivity index (χ3n) is 6.75. The molecule has 6 nitrogen and oxygen atoms in total. The third-order valence-corrected chi connectivity index (χ3v) is 6.75. The minimum Gasteiger partial charge on any atom is -0.493 e. The molecule has 1 fully saturated rings. The molecule has 3 rings (SSSR count). The molecule has 0 spiro atoms. The van der Waals surface area contributed by atoms with Gasteiger partial charge in [-0.05, 0) is 92.8 Å². The van der Waals surface area contributed by atoms with Gasteiger partial charge in [0, 0.05) is 17.5 Å². The van der Waals surface area contributed by atoms with E-state index in [1.807, 2.05) is 32.1 Å². The van der Waals surface area contributed by atoms with Gasteiger partial charge in [-0.1, -0.05) is 18.2 Å². The second-order valence-electron chi connectivity index (χ2n) is 10.1. The quantitative estimate of drug-likeness (QED) is 0.156. The number of amides is 1. The first-order valence-electron chi connectivity index (χ1n) is 13.6. The van der Waals surface area contributed by atoms with Crippen LogP contribution in [0.25, 0.3) is 11.1 Å². The van der Waals surface area contributed by atoms with Crippen molar-refractivity contribution in [2.24, 2.45) is 0 Å². The zero-order valence-corrected chi connectivity index (χ0v) is 23.2. The Balaban J connectivity index is 2.13. The molecule has 2 aromatic rings. The van der Waals surface area contributed by atoms with Gasteiger partial charge < -0.3 is 19.9 Å². The van der Waals surface area contributed by atoms with Crippen LogP contribution in [0.3, 0.4) is 0 Å². The highest BCUT2D eigenvalue weighted by Gasteiger charge is 2.32. The summed E-state index contributed by atoms with van der Waals surface area (Å²) in [6, 6.07) is 6.53. The Morgan fingerprint density at radius 2 is 1.92 bits per heavy atom. The molecule has 2 atom stereocenters. The van der Waals surface area contributed by atoms with Crippen LogP contribution in [0.4, 0.5) is 4.39 Å². The molecule has 1 amide bonds. The number of hydrogen-bond acceptors (Lipinski definition) is 5. The van der Waals surface area contributed by atoms with E-state index in [1.54, 1.807) is 13.0 Å². The number of benzene rings is 2. The molecule has 0 heterocycles. The van der Waals surface area contributed by atoms with Gasteiger partial charge in [0.2, 0.25) is 5.91 Å². The molecular weight excluding hydrogens is 497 g/mol. The number of aliphatic hydroxyl groups is 1. The van der Waals surface area contributed by atoms with Crippen LogP contribution < -0.4 is 10.1 Å². The molecule has 2 aromatic carbocycles. The van der Waals surface area contributed by atoms with Crippen molar-refractivity contribution in [2.75, 3.05) is 13.2 Å². The lowest BCUT2D eigenvalue weighted by Crippen LogP contribution is -2.38. The van der Waals surface area contributed by atoms with Crippen LogP contribution >= 0.6 is 0 Å². The number of carbonyl (C=O) groups is 2. The van der Waals surface area contributed by atoms with Gasteiger partial charge in [-0.25, -0.2) is 4.39 Å². The lowest BCUT2D eigenvalue weighted by Gasteiger charge is -2.24. The Labute approximate surface area is 230 Å². The minimum absolute atomic E-state index is 0.0307. The van der Waals surface area contributed by atoms with Gasteiger partial charge in [0.05, 0.1) is 25.7 Å². The molecule has 39 heavy (non-hydrogen) atoms. The van der Waals surface area contributed by atoms with Gasteiger partial charge in [-0.15, -0.1) is 13.2 Å². The van der Waals surface area contributed by atoms with Crippen molar-refractivity contribution >= 4 is 11.9 Å². The van der Waals surface area contributed by atoms with Gasteiger partial charge in [0.25, 0.3) is 0 Å². The predicted octanol–water partition coefficient (Wildman–Crippen LogP) is 6.38. The van der Waals surface area contributed by atoms with Crippen LogP contribution in [0.2, 0.25) is 0 Å². The normalized spacial score (nSPS) is 14.3. The Hall–Kier alpha value is -3.45. The molecular formula is C32H40FNO5. The molecule has 0 saturated heterocycles. The summed E-state index contributed by atoms with van der Waals surface area (Å²) in [5.41, 5.74) is 4.34. The van der Waals surface area contributed by atoms with E-state index in [1.165, 1.54) is 6.08 Å². The second-order valence-corrected chi connectivity index (χ2v) is 10.1. The summed E-state index contributed by atoms with van der Waals surface area (Å²) in [7, 11) is 0. The van der Waals surface area contributed by atoms with E-state index in [-0.39, 0.29) is 30.9 Å². The lowest BCUT2D eigenvalue weighted by atomic mass is 9.90. The third kappa shape index (κ3) is 8.02. The van der Waals surface area contributed by atoms with Crippen LogP contribution in [0.15, 0.2) is 49.6 Å². The van der Waals surface area contributed by atoms with E-state index in [9.17, 15) is 14.7 Å². The summed E-state index contributed by atoms with van der Waals surface area (Å²) in [5.74, 6) is -0.969. The number of aryl methyl sites for hydroxylation is 2. The minimum atomic E-state index is -1.36. The second kappa shape index (κ2) is 14.1. The van der Waals surface area contributed by atoms with Crippen molar-refractivity contribution in [1.29, 1.82) is 0 Å². The summed E-state index contributed by atoms with van der Waals surface area (Å²) < 4.78 is 27.4. The Morgan fingerprint density at radius 3 is 2.56 bits per heavy atom. The maximum Gasteiger partial charge on any atom is 0.308 e. The summed E-state index contributed by atoms with van der Waals surface area (Å²) in [6.07, 6.45) is 5.05. The van der Waals surface area contributed by atoms with Gasteiger partial charge in [-0.2, -0.15) is 0 Å². The summed E-state index contributed by atoms with van der Waals surface area (Å²) in [6.45, 7) is 13.7. The van der Waals surface area contributed by atoms with E-state index in [2.05, 4.69) is 24.5 Å². The number of esters is 1. The number of rotatable bonds is 15. The molecule has 7 heteroatoms. The lowest BCUT2D eigenvalue weighted by molar-refractivity contribution is -0.144. The summed E-state index contributed by atoms with van der Waals surface area (Å²) >= 11 is 0. The van der Waals surface area contributed by atoms with Gasteiger partial charge >= 0.3 is 5.97 Å². The largest absolute Gasteiger partial charge is 0.493 e. The van der Waals surface area contributed by atoms with E-state index in [4.69, 9.17) is 9.47 Å². The maximum atomic E-state index is 16.1. The number of allylic oxidation sites excluding steroid dienone is 1. The van der Waals surface area contributed by atoms with Gasteiger partial charge in [0.1, 0.15) is 17.7 Å². The average molecular weight is 538 g/mol. The molecule has 1 aliphatic rings. The molecule has 1 aliphatic carbocycles. The average Bonchev–Trinajstić information content (AvgIpc) is 3.72. The molecule has 0 aliphatic heterocycles. The Kier molecular flexibility index (Phi) is 10.9. The highest BCUT2D eigenvalue weighted by atomic mass is 19.1. The number of nitrogens with one attached hydrogen (secondary N) is 1. The van der Waals surface area contributed by atoms with Crippen molar-refractivity contribution in [3.05, 3.63) is 77.6 Å². The molecule has 1 saturated carbocycles. The summed E-state index contributed by atoms with van der Waals surface area (Å²) in [5, 5.41) is 12.9. The van der Waals surface area contributed by atoms with Gasteiger partial charge in [-0.3, -0.25) is 9.59 Å². The first-order chi connectivity index (χ1) is 18.7. The Bertz CT molecular complexity index is 1200. The first kappa shape index (κ1) is 30.1. The fourth-order valence-corrected chi connectivity index (χ4v) is 4.74. The smallest absolute Gasteiger partial charge is 0.308 e. The van der Waals surface area contributed by atoms with Crippen molar-refractivity contribution in [3.8, 4) is 16.9 Å². The molecule has 0 bridgehead atoms. The molecule has 0 aromatic heterocycles. The topological polar surface area (TPSA) is 84.9 Å². The monoisotopic (exact) mass is 537 g/mol. The van der Waals surface area contributed by atoms with Crippen molar-refractivity contribution in [1.82, 2.24) is 5.32 Å². The van der Waals surface area contributed by atoms with E-state index < -0.39 is 29.8 Å². The van der Waals surface area contributed by atoms with Crippen LogP contribution in [-0.4, -0.2) is 36.3 Å². The van der Waals surface area contributed by atoms with Gasteiger partial charge in [0.15, 0.2) is 0 Å². The van der Waals surface area contributed by atoms with E-state index in [0.717, 1.165) is 47.9 Å². The van der Waals surface area contributed by atoms with Crippen LogP contribution in [0, 0.1) is 19.7 Å². The SMILES string of the molecule is C=CCCCOc1cc(C)cc(C)c1-c1cc(C2CC2)c(F)c([C@H](CC(=O)OCC)NC(=O)[C@H](O)CC=C)c1. The number of carbonyl (C=O) groups excluding carboxylic acids is 2. The number of ether oxygens (including phenoxy) is 2. The fraction of sp³-hybridized carbons (Fsp3) is 0.438. The fourth-order valence-electron chi connectivity index (χ4n) is 4.74. The van der Waals surface area contributed by atoms with E-state index in [0.29, 0.717) is 17.9 Å². The molecule has 210 valence electrons. The molecule has 0 radical (unpaired) electrons. The number of halogens is 1. The zero-order valence-electron chi connectivity index (χ0n) is 23.2. The maximum absolute atomic E-state index is 16.1. The first-order valence-corrected chi connectivity index (χ1v) is 13.6. The number of aliphatic hydroxyl groups excluding tert-OH is 1. The van der Waals surface area contributed by atoms with Crippen molar-refractivity contribution in [2.45, 2.75) is 77.4 Å². The summed E-state index contributed by atoms with van der Waals surface area (Å²) in [4.78, 5) is 25.3. The molecule has 2 N–H and O–H groups in total. The highest BCUT2D eigenvalue weighted by Crippen LogP contribution is 2.46. The standard InChI is InChI=1S/C32H40FNO5/c1-6-9-10-14-39-28-16-20(4)15-21(5)30(28)23-17-24(22-12-13-22)31(33)25(18-23)26(19-29(36)38-8-3)34-32(37)27(35)11-7-2/h6-7,15-18,22,26-27,35H,1-2,8-14,19H2,3-5H3,(H,34,37)/t26-,27+/m0/s1. The Morgan fingerprint density at radius 1 is 1.18 bits per heavy atom. The number of hydrogen-bond donors (Lipinski definition) is 2. The zero-order chi connectivity index (χ0) is 28.5.